The van der Waals surface area contributed by atoms with Gasteiger partial charge in [-0.25, -0.2) is 0 Å². The molecule has 0 aliphatic carbocycles. The molecule has 3 heteroatoms. The molecule has 1 atom stereocenters. The summed E-state index contributed by atoms with van der Waals surface area (Å²) in [7, 11) is -0.0899. The van der Waals surface area contributed by atoms with Crippen molar-refractivity contribution in [1.29, 1.82) is 0 Å². The van der Waals surface area contributed by atoms with E-state index >= 15 is 0 Å². The standard InChI is InChI=1S/C8H18O2Si/c1-2-9-7-11-8-5-3-4-6-10-8/h8H,2-7,11H2,1H3. The predicted molar refractivity (Wildman–Crippen MR) is 48.6 cm³/mol. The number of hydrogen-bond donors (Lipinski definition) is 0. The van der Waals surface area contributed by atoms with Crippen molar-refractivity contribution in [3.8, 4) is 0 Å². The second-order valence-corrected chi connectivity index (χ2v) is 4.87. The van der Waals surface area contributed by atoms with Crippen molar-refractivity contribution in [3.05, 3.63) is 0 Å². The summed E-state index contributed by atoms with van der Waals surface area (Å²) in [5, 5.41) is 0. The lowest BCUT2D eigenvalue weighted by Crippen LogP contribution is -2.28. The third kappa shape index (κ3) is 3.89. The van der Waals surface area contributed by atoms with Crippen molar-refractivity contribution < 1.29 is 9.47 Å². The Labute approximate surface area is 71.1 Å². The molecule has 1 aliphatic heterocycles. The molecule has 66 valence electrons. The molecule has 2 nitrogen and oxygen atoms in total. The van der Waals surface area contributed by atoms with E-state index in [0.717, 1.165) is 19.4 Å². The quantitative estimate of drug-likeness (QED) is 0.461. The average Bonchev–Trinajstić information content (AvgIpc) is 2.07. The van der Waals surface area contributed by atoms with E-state index < -0.39 is 0 Å². The van der Waals surface area contributed by atoms with Gasteiger partial charge in [0.2, 0.25) is 0 Å². The van der Waals surface area contributed by atoms with E-state index in [4.69, 9.17) is 9.47 Å². The molecule has 1 heterocycles. The smallest absolute Gasteiger partial charge is 0.0860 e. The summed E-state index contributed by atoms with van der Waals surface area (Å²) in [5.41, 5.74) is 0.621. The van der Waals surface area contributed by atoms with E-state index in [1.54, 1.807) is 0 Å². The molecule has 0 N–H and O–H groups in total. The van der Waals surface area contributed by atoms with E-state index in [0.29, 0.717) is 5.73 Å². The summed E-state index contributed by atoms with van der Waals surface area (Å²) >= 11 is 0. The highest BCUT2D eigenvalue weighted by atomic mass is 28.2. The highest BCUT2D eigenvalue weighted by Gasteiger charge is 2.13. The molecule has 0 aromatic heterocycles. The van der Waals surface area contributed by atoms with Crippen LogP contribution in [0.3, 0.4) is 0 Å². The van der Waals surface area contributed by atoms with Crippen molar-refractivity contribution >= 4 is 9.52 Å². The average molecular weight is 174 g/mol. The fraction of sp³-hybridized carbons (Fsp3) is 1.00. The fourth-order valence-corrected chi connectivity index (χ4v) is 3.02. The minimum atomic E-state index is -0.0899. The summed E-state index contributed by atoms with van der Waals surface area (Å²) in [4.78, 5) is 0. The lowest BCUT2D eigenvalue weighted by atomic mass is 10.2. The first-order chi connectivity index (χ1) is 5.43. The van der Waals surface area contributed by atoms with Gasteiger partial charge in [-0.05, 0) is 26.2 Å². The van der Waals surface area contributed by atoms with Gasteiger partial charge in [0, 0.05) is 25.2 Å². The molecule has 1 unspecified atom stereocenters. The molecular formula is C8H18O2Si. The molecule has 1 rings (SSSR count). The minimum Gasteiger partial charge on any atom is -0.386 e. The van der Waals surface area contributed by atoms with Crippen LogP contribution in [0, 0.1) is 0 Å². The lowest BCUT2D eigenvalue weighted by Gasteiger charge is -2.21. The van der Waals surface area contributed by atoms with Crippen LogP contribution in [0.4, 0.5) is 0 Å². The maximum absolute atomic E-state index is 5.61. The SMILES string of the molecule is CCOC[SiH2]C1CCCCO1. The molecule has 0 saturated carbocycles. The van der Waals surface area contributed by atoms with Crippen LogP contribution >= 0.6 is 0 Å². The Morgan fingerprint density at radius 2 is 2.45 bits per heavy atom. The van der Waals surface area contributed by atoms with Gasteiger partial charge in [-0.1, -0.05) is 0 Å². The summed E-state index contributed by atoms with van der Waals surface area (Å²) in [5.74, 6) is 0. The first-order valence-corrected chi connectivity index (χ1v) is 6.44. The number of hydrogen-bond acceptors (Lipinski definition) is 2. The first kappa shape index (κ1) is 9.23. The van der Waals surface area contributed by atoms with Gasteiger partial charge in [-0.3, -0.25) is 0 Å². The summed E-state index contributed by atoms with van der Waals surface area (Å²) in [6.45, 7) is 3.90. The molecule has 0 amide bonds. The topological polar surface area (TPSA) is 18.5 Å². The van der Waals surface area contributed by atoms with Gasteiger partial charge in [-0.2, -0.15) is 0 Å². The Kier molecular flexibility index (Phi) is 4.82. The number of rotatable bonds is 4. The molecule has 1 fully saturated rings. The Morgan fingerprint density at radius 3 is 3.09 bits per heavy atom. The molecule has 1 aliphatic rings. The molecule has 0 aromatic rings. The minimum absolute atomic E-state index is 0.0899. The fourth-order valence-electron chi connectivity index (χ4n) is 1.39. The lowest BCUT2D eigenvalue weighted by molar-refractivity contribution is 0.0614. The van der Waals surface area contributed by atoms with Gasteiger partial charge >= 0.3 is 0 Å². The Hall–Kier alpha value is 0.137. The molecule has 0 bridgehead atoms. The van der Waals surface area contributed by atoms with Crippen molar-refractivity contribution in [2.75, 3.05) is 19.4 Å². The van der Waals surface area contributed by atoms with Crippen molar-refractivity contribution in [2.24, 2.45) is 0 Å². The molecule has 11 heavy (non-hydrogen) atoms. The van der Waals surface area contributed by atoms with E-state index in [1.165, 1.54) is 19.3 Å². The Bertz CT molecular complexity index is 92.1. The second-order valence-electron chi connectivity index (χ2n) is 2.97. The van der Waals surface area contributed by atoms with Crippen LogP contribution in [0.25, 0.3) is 0 Å². The highest BCUT2D eigenvalue weighted by Crippen LogP contribution is 2.11. The zero-order valence-electron chi connectivity index (χ0n) is 7.34. The second kappa shape index (κ2) is 5.74. The summed E-state index contributed by atoms with van der Waals surface area (Å²) in [6.07, 6.45) is 4.92. The largest absolute Gasteiger partial charge is 0.386 e. The monoisotopic (exact) mass is 174 g/mol. The van der Waals surface area contributed by atoms with E-state index in [2.05, 4.69) is 6.92 Å². The van der Waals surface area contributed by atoms with Crippen LogP contribution in [-0.2, 0) is 9.47 Å². The van der Waals surface area contributed by atoms with Crippen molar-refractivity contribution in [2.45, 2.75) is 31.9 Å². The van der Waals surface area contributed by atoms with Gasteiger partial charge in [0.05, 0.1) is 9.52 Å². The molecule has 0 radical (unpaired) electrons. The van der Waals surface area contributed by atoms with Crippen LogP contribution in [0.1, 0.15) is 26.2 Å². The van der Waals surface area contributed by atoms with Crippen molar-refractivity contribution in [3.63, 3.8) is 0 Å². The van der Waals surface area contributed by atoms with E-state index in [9.17, 15) is 0 Å². The third-order valence-corrected chi connectivity index (χ3v) is 3.87. The maximum atomic E-state index is 5.61. The zero-order chi connectivity index (χ0) is 7.94. The summed E-state index contributed by atoms with van der Waals surface area (Å²) < 4.78 is 10.9. The maximum Gasteiger partial charge on any atom is 0.0860 e. The van der Waals surface area contributed by atoms with Gasteiger partial charge in [-0.15, -0.1) is 0 Å². The van der Waals surface area contributed by atoms with Crippen LogP contribution in [-0.4, -0.2) is 34.7 Å². The highest BCUT2D eigenvalue weighted by molar-refractivity contribution is 6.37. The normalized spacial score (nSPS) is 26.5. The van der Waals surface area contributed by atoms with Gasteiger partial charge in [0.15, 0.2) is 0 Å². The molecule has 1 saturated heterocycles. The Morgan fingerprint density at radius 1 is 1.55 bits per heavy atom. The molecule has 0 aromatic carbocycles. The van der Waals surface area contributed by atoms with Gasteiger partial charge in [0.25, 0.3) is 0 Å². The Balaban J connectivity index is 1.96. The van der Waals surface area contributed by atoms with Crippen LogP contribution in [0.15, 0.2) is 0 Å². The van der Waals surface area contributed by atoms with Crippen molar-refractivity contribution in [1.82, 2.24) is 0 Å². The molecular weight excluding hydrogens is 156 g/mol. The van der Waals surface area contributed by atoms with Crippen LogP contribution in [0.2, 0.25) is 0 Å². The van der Waals surface area contributed by atoms with Gasteiger partial charge < -0.3 is 9.47 Å². The zero-order valence-corrected chi connectivity index (χ0v) is 8.76. The van der Waals surface area contributed by atoms with Crippen LogP contribution < -0.4 is 0 Å². The predicted octanol–water partition coefficient (Wildman–Crippen LogP) is 0.676. The van der Waals surface area contributed by atoms with Crippen LogP contribution in [0.5, 0.6) is 0 Å². The molecule has 0 spiro atoms. The van der Waals surface area contributed by atoms with Gasteiger partial charge in [0.1, 0.15) is 0 Å². The van der Waals surface area contributed by atoms with E-state index in [1.807, 2.05) is 0 Å². The third-order valence-electron chi connectivity index (χ3n) is 2.06. The first-order valence-electron chi connectivity index (χ1n) is 4.63. The number of ether oxygens (including phenoxy) is 2. The summed E-state index contributed by atoms with van der Waals surface area (Å²) in [6, 6.07) is 0. The van der Waals surface area contributed by atoms with E-state index in [-0.39, 0.29) is 9.52 Å².